The van der Waals surface area contributed by atoms with Gasteiger partial charge in [-0.15, -0.1) is 0 Å². The molecule has 2 rings (SSSR count). The van der Waals surface area contributed by atoms with E-state index in [2.05, 4.69) is 14.7 Å². The van der Waals surface area contributed by atoms with Gasteiger partial charge in [0, 0.05) is 12.1 Å². The summed E-state index contributed by atoms with van der Waals surface area (Å²) in [5.74, 6) is 0.0806. The Hall–Kier alpha value is -1.67. The van der Waals surface area contributed by atoms with Crippen molar-refractivity contribution in [1.82, 2.24) is 9.36 Å². The highest BCUT2D eigenvalue weighted by atomic mass is 32.2. The summed E-state index contributed by atoms with van der Waals surface area (Å²) in [6, 6.07) is 4.09. The molecule has 1 heterocycles. The summed E-state index contributed by atoms with van der Waals surface area (Å²) in [6.45, 7) is 3.76. The molecule has 0 aliphatic heterocycles. The molecule has 112 valence electrons. The van der Waals surface area contributed by atoms with Crippen LogP contribution >= 0.6 is 23.3 Å². The van der Waals surface area contributed by atoms with Gasteiger partial charge in [-0.25, -0.2) is 9.37 Å². The Kier molecular flexibility index (Phi) is 5.13. The van der Waals surface area contributed by atoms with E-state index in [1.165, 1.54) is 41.5 Å². The number of aromatic nitrogens is 2. The summed E-state index contributed by atoms with van der Waals surface area (Å²) in [4.78, 5) is 16.4. The van der Waals surface area contributed by atoms with E-state index in [9.17, 15) is 9.18 Å². The van der Waals surface area contributed by atoms with Gasteiger partial charge in [0.05, 0.1) is 10.9 Å². The molecule has 1 aromatic heterocycles. The molecule has 0 bridgehead atoms. The van der Waals surface area contributed by atoms with Crippen molar-refractivity contribution in [2.45, 2.75) is 29.9 Å². The second-order valence-corrected chi connectivity index (χ2v) is 6.66. The molecular formula is C13H15FN4OS2. The average molecular weight is 326 g/mol. The van der Waals surface area contributed by atoms with E-state index in [1.54, 1.807) is 6.92 Å². The number of amides is 1. The largest absolute Gasteiger partial charge is 0.396 e. The van der Waals surface area contributed by atoms with Gasteiger partial charge in [-0.1, -0.05) is 18.7 Å². The minimum atomic E-state index is -0.503. The number of nitrogen functional groups attached to an aromatic ring is 1. The molecule has 0 saturated heterocycles. The Balaban J connectivity index is 1.97. The van der Waals surface area contributed by atoms with Gasteiger partial charge in [0.25, 0.3) is 0 Å². The first-order valence-electron chi connectivity index (χ1n) is 6.34. The number of rotatable bonds is 5. The van der Waals surface area contributed by atoms with Crippen LogP contribution in [0.2, 0.25) is 0 Å². The number of benzene rings is 1. The van der Waals surface area contributed by atoms with Gasteiger partial charge < -0.3 is 11.1 Å². The minimum absolute atomic E-state index is 0.00446. The Morgan fingerprint density at radius 2 is 2.33 bits per heavy atom. The fourth-order valence-corrected chi connectivity index (χ4v) is 3.34. The maximum atomic E-state index is 13.1. The number of thioether (sulfide) groups is 1. The van der Waals surface area contributed by atoms with Crippen LogP contribution in [0.5, 0.6) is 0 Å². The maximum absolute atomic E-state index is 13.1. The first-order chi connectivity index (χ1) is 9.99. The van der Waals surface area contributed by atoms with Crippen LogP contribution in [-0.4, -0.2) is 20.5 Å². The van der Waals surface area contributed by atoms with E-state index in [4.69, 9.17) is 5.73 Å². The zero-order valence-corrected chi connectivity index (χ0v) is 13.2. The highest BCUT2D eigenvalue weighted by Gasteiger charge is 2.17. The van der Waals surface area contributed by atoms with Gasteiger partial charge in [0.15, 0.2) is 4.34 Å². The summed E-state index contributed by atoms with van der Waals surface area (Å²) in [5, 5.41) is 2.36. The maximum Gasteiger partial charge on any atom is 0.237 e. The number of nitrogens with one attached hydrogen (secondary N) is 1. The molecule has 3 N–H and O–H groups in total. The van der Waals surface area contributed by atoms with Crippen LogP contribution in [0.3, 0.4) is 0 Å². The normalized spacial score (nSPS) is 12.1. The summed E-state index contributed by atoms with van der Waals surface area (Å²) in [7, 11) is 0. The van der Waals surface area contributed by atoms with Crippen LogP contribution in [0.4, 0.5) is 15.8 Å². The van der Waals surface area contributed by atoms with Crippen molar-refractivity contribution >= 4 is 40.6 Å². The van der Waals surface area contributed by atoms with Crippen molar-refractivity contribution in [3.05, 3.63) is 29.8 Å². The molecule has 0 saturated carbocycles. The number of carbonyl (C=O) groups excluding carboxylic acids is 1. The molecule has 21 heavy (non-hydrogen) atoms. The lowest BCUT2D eigenvalue weighted by Crippen LogP contribution is -2.22. The van der Waals surface area contributed by atoms with Gasteiger partial charge in [-0.3, -0.25) is 4.79 Å². The van der Waals surface area contributed by atoms with Crippen LogP contribution < -0.4 is 11.1 Å². The third kappa shape index (κ3) is 4.15. The molecule has 1 atom stereocenters. The highest BCUT2D eigenvalue weighted by Crippen LogP contribution is 2.26. The van der Waals surface area contributed by atoms with Crippen molar-refractivity contribution < 1.29 is 9.18 Å². The number of hydrogen-bond donors (Lipinski definition) is 2. The minimum Gasteiger partial charge on any atom is -0.396 e. The van der Waals surface area contributed by atoms with Crippen LogP contribution in [0.25, 0.3) is 0 Å². The van der Waals surface area contributed by atoms with Crippen molar-refractivity contribution in [3.8, 4) is 0 Å². The number of nitrogens with zero attached hydrogens (tertiary/aromatic N) is 2. The Labute approximate surface area is 130 Å². The van der Waals surface area contributed by atoms with Gasteiger partial charge >= 0.3 is 0 Å². The van der Waals surface area contributed by atoms with E-state index in [0.717, 1.165) is 16.6 Å². The van der Waals surface area contributed by atoms with Crippen LogP contribution in [-0.2, 0) is 11.2 Å². The Morgan fingerprint density at radius 1 is 1.57 bits per heavy atom. The predicted molar refractivity (Wildman–Crippen MR) is 84.0 cm³/mol. The molecule has 0 spiro atoms. The van der Waals surface area contributed by atoms with Gasteiger partial charge in [-0.05, 0) is 36.7 Å². The standard InChI is InChI=1S/C13H15FN4OS2/c1-3-11-17-13(21-18-11)20-7(2)12(19)16-8-4-5-9(14)10(15)6-8/h4-7H,3,15H2,1-2H3,(H,16,19). The van der Waals surface area contributed by atoms with Crippen LogP contribution in [0.15, 0.2) is 22.5 Å². The number of aryl methyl sites for hydroxylation is 1. The van der Waals surface area contributed by atoms with E-state index in [-0.39, 0.29) is 16.8 Å². The molecule has 5 nitrogen and oxygen atoms in total. The summed E-state index contributed by atoms with van der Waals surface area (Å²) in [5.41, 5.74) is 5.94. The van der Waals surface area contributed by atoms with Gasteiger partial charge in [0.1, 0.15) is 11.6 Å². The number of carbonyl (C=O) groups is 1. The zero-order chi connectivity index (χ0) is 15.4. The van der Waals surface area contributed by atoms with Crippen molar-refractivity contribution in [2.75, 3.05) is 11.1 Å². The average Bonchev–Trinajstić information content (AvgIpc) is 2.90. The van der Waals surface area contributed by atoms with Crippen molar-refractivity contribution in [1.29, 1.82) is 0 Å². The van der Waals surface area contributed by atoms with E-state index in [0.29, 0.717) is 5.69 Å². The lowest BCUT2D eigenvalue weighted by molar-refractivity contribution is -0.115. The third-order valence-corrected chi connectivity index (χ3v) is 4.60. The third-order valence-electron chi connectivity index (χ3n) is 2.68. The second kappa shape index (κ2) is 6.86. The topological polar surface area (TPSA) is 80.9 Å². The quantitative estimate of drug-likeness (QED) is 0.652. The van der Waals surface area contributed by atoms with E-state index >= 15 is 0 Å². The predicted octanol–water partition coefficient (Wildman–Crippen LogP) is 2.94. The van der Waals surface area contributed by atoms with E-state index in [1.807, 2.05) is 6.92 Å². The van der Waals surface area contributed by atoms with Crippen LogP contribution in [0.1, 0.15) is 19.7 Å². The zero-order valence-electron chi connectivity index (χ0n) is 11.6. The highest BCUT2D eigenvalue weighted by molar-refractivity contribution is 8.02. The Bertz CT molecular complexity index is 647. The molecule has 0 fully saturated rings. The van der Waals surface area contributed by atoms with Crippen molar-refractivity contribution in [2.24, 2.45) is 0 Å². The van der Waals surface area contributed by atoms with E-state index < -0.39 is 5.82 Å². The van der Waals surface area contributed by atoms with Gasteiger partial charge in [-0.2, -0.15) is 4.37 Å². The molecular weight excluding hydrogens is 311 g/mol. The number of nitrogens with two attached hydrogens (primary N) is 1. The molecule has 2 aromatic rings. The fraction of sp³-hybridized carbons (Fsp3) is 0.308. The SMILES string of the molecule is CCc1nsc(SC(C)C(=O)Nc2ccc(F)c(N)c2)n1. The molecule has 0 aliphatic carbocycles. The molecule has 1 amide bonds. The molecule has 0 radical (unpaired) electrons. The smallest absolute Gasteiger partial charge is 0.237 e. The fourth-order valence-electron chi connectivity index (χ4n) is 1.50. The number of hydrogen-bond acceptors (Lipinski definition) is 6. The Morgan fingerprint density at radius 3 is 2.95 bits per heavy atom. The molecule has 8 heteroatoms. The number of anilines is 2. The second-order valence-electron chi connectivity index (χ2n) is 4.32. The van der Waals surface area contributed by atoms with Gasteiger partial charge in [0.2, 0.25) is 5.91 Å². The summed E-state index contributed by atoms with van der Waals surface area (Å²) < 4.78 is 18.0. The summed E-state index contributed by atoms with van der Waals surface area (Å²) in [6.07, 6.45) is 0.770. The lowest BCUT2D eigenvalue weighted by Gasteiger charge is -2.10. The van der Waals surface area contributed by atoms with Crippen molar-refractivity contribution in [3.63, 3.8) is 0 Å². The first kappa shape index (κ1) is 15.7. The molecule has 1 unspecified atom stereocenters. The molecule has 1 aromatic carbocycles. The first-order valence-corrected chi connectivity index (χ1v) is 8.00. The lowest BCUT2D eigenvalue weighted by atomic mass is 10.2. The molecule has 0 aliphatic rings. The monoisotopic (exact) mass is 326 g/mol. The summed E-state index contributed by atoms with van der Waals surface area (Å²) >= 11 is 2.62. The number of halogens is 1. The van der Waals surface area contributed by atoms with Crippen LogP contribution in [0, 0.1) is 5.82 Å².